The lowest BCUT2D eigenvalue weighted by Crippen LogP contribution is -2.52. The van der Waals surface area contributed by atoms with Gasteiger partial charge in [-0.2, -0.15) is 0 Å². The first-order valence-corrected chi connectivity index (χ1v) is 8.74. The minimum atomic E-state index is -0.493. The summed E-state index contributed by atoms with van der Waals surface area (Å²) in [5.41, 5.74) is -0.731. The quantitative estimate of drug-likeness (QED) is 0.788. The summed E-state index contributed by atoms with van der Waals surface area (Å²) in [6.07, 6.45) is 1.07. The normalized spacial score (nSPS) is 16.9. The number of piperidine rings is 1. The van der Waals surface area contributed by atoms with Crippen molar-refractivity contribution in [2.24, 2.45) is 5.92 Å². The highest BCUT2D eigenvalue weighted by molar-refractivity contribution is 5.80. The van der Waals surface area contributed by atoms with Crippen LogP contribution in [0.2, 0.25) is 0 Å². The number of amides is 2. The predicted molar refractivity (Wildman–Crippen MR) is 93.9 cm³/mol. The Kier molecular flexibility index (Phi) is 7.08. The number of likely N-dealkylation sites (tertiary alicyclic amines) is 1. The Labute approximate surface area is 146 Å². The van der Waals surface area contributed by atoms with Gasteiger partial charge in [0, 0.05) is 38.2 Å². The molecule has 140 valence electrons. The topological polar surface area (TPSA) is 59.1 Å². The van der Waals surface area contributed by atoms with Gasteiger partial charge >= 0.3 is 6.09 Å². The molecule has 1 saturated heterocycles. The number of methoxy groups -OCH3 is 1. The smallest absolute Gasteiger partial charge is 0.410 e. The molecule has 0 bridgehead atoms. The van der Waals surface area contributed by atoms with Crippen molar-refractivity contribution in [3.05, 3.63) is 0 Å². The molecule has 0 spiro atoms. The second kappa shape index (κ2) is 8.19. The van der Waals surface area contributed by atoms with E-state index in [1.165, 1.54) is 0 Å². The number of carbonyl (C=O) groups is 2. The van der Waals surface area contributed by atoms with Gasteiger partial charge in [0.15, 0.2) is 0 Å². The summed E-state index contributed by atoms with van der Waals surface area (Å²) in [7, 11) is 1.64. The number of ether oxygens (including phenoxy) is 2. The molecule has 0 N–H and O–H groups in total. The van der Waals surface area contributed by atoms with Gasteiger partial charge in [-0.1, -0.05) is 0 Å². The molecule has 0 radical (unpaired) electrons. The van der Waals surface area contributed by atoms with Crippen LogP contribution in [-0.2, 0) is 14.3 Å². The van der Waals surface area contributed by atoms with E-state index in [0.29, 0.717) is 39.1 Å². The molecule has 1 aliphatic heterocycles. The lowest BCUT2D eigenvalue weighted by molar-refractivity contribution is -0.142. The fraction of sp³-hybridized carbons (Fsp3) is 0.889. The molecule has 0 unspecified atom stereocenters. The molecular weight excluding hydrogens is 308 g/mol. The van der Waals surface area contributed by atoms with E-state index in [1.807, 2.05) is 46.4 Å². The van der Waals surface area contributed by atoms with Crippen LogP contribution in [0.1, 0.15) is 54.4 Å². The van der Waals surface area contributed by atoms with Crippen molar-refractivity contribution >= 4 is 12.0 Å². The van der Waals surface area contributed by atoms with E-state index in [0.717, 1.165) is 0 Å². The SMILES string of the molecule is COCCN(C(=O)C1CCN(C(=O)OC(C)(C)C)CC1)C(C)(C)C. The fourth-order valence-corrected chi connectivity index (χ4v) is 2.81. The van der Waals surface area contributed by atoms with Gasteiger partial charge in [0.05, 0.1) is 6.61 Å². The molecule has 1 heterocycles. The maximum atomic E-state index is 12.9. The van der Waals surface area contributed by atoms with Crippen LogP contribution in [0.3, 0.4) is 0 Å². The monoisotopic (exact) mass is 342 g/mol. The first kappa shape index (κ1) is 20.7. The predicted octanol–water partition coefficient (Wildman–Crippen LogP) is 2.91. The Morgan fingerprint density at radius 1 is 1.08 bits per heavy atom. The van der Waals surface area contributed by atoms with Crippen molar-refractivity contribution in [2.45, 2.75) is 65.5 Å². The van der Waals surface area contributed by atoms with Gasteiger partial charge in [-0.05, 0) is 54.4 Å². The molecule has 1 aliphatic rings. The van der Waals surface area contributed by atoms with Gasteiger partial charge in [0.25, 0.3) is 0 Å². The van der Waals surface area contributed by atoms with Gasteiger partial charge < -0.3 is 19.3 Å². The zero-order chi connectivity index (χ0) is 18.5. The van der Waals surface area contributed by atoms with E-state index in [2.05, 4.69) is 0 Å². The molecule has 6 nitrogen and oxygen atoms in total. The maximum absolute atomic E-state index is 12.9. The summed E-state index contributed by atoms with van der Waals surface area (Å²) in [6, 6.07) is 0. The third-order valence-electron chi connectivity index (χ3n) is 4.09. The summed E-state index contributed by atoms with van der Waals surface area (Å²) < 4.78 is 10.5. The molecule has 0 aliphatic carbocycles. The van der Waals surface area contributed by atoms with Crippen LogP contribution in [0.15, 0.2) is 0 Å². The summed E-state index contributed by atoms with van der Waals surface area (Å²) in [4.78, 5) is 28.6. The first-order valence-electron chi connectivity index (χ1n) is 8.74. The van der Waals surface area contributed by atoms with Crippen molar-refractivity contribution in [3.63, 3.8) is 0 Å². The molecule has 6 heteroatoms. The van der Waals surface area contributed by atoms with Crippen molar-refractivity contribution < 1.29 is 19.1 Å². The maximum Gasteiger partial charge on any atom is 0.410 e. The average Bonchev–Trinajstić information content (AvgIpc) is 2.44. The Morgan fingerprint density at radius 3 is 2.04 bits per heavy atom. The minimum absolute atomic E-state index is 0.0419. The molecule has 0 saturated carbocycles. The Morgan fingerprint density at radius 2 is 1.62 bits per heavy atom. The Balaban J connectivity index is 2.62. The molecule has 0 atom stereocenters. The first-order chi connectivity index (χ1) is 11.0. The van der Waals surface area contributed by atoms with Crippen LogP contribution in [0.25, 0.3) is 0 Å². The molecule has 0 aromatic rings. The Bertz CT molecular complexity index is 429. The van der Waals surface area contributed by atoms with Crippen LogP contribution in [0.4, 0.5) is 4.79 Å². The number of hydrogen-bond donors (Lipinski definition) is 0. The lowest BCUT2D eigenvalue weighted by Gasteiger charge is -2.40. The number of nitrogens with zero attached hydrogens (tertiary/aromatic N) is 2. The van der Waals surface area contributed by atoms with Gasteiger partial charge in [-0.25, -0.2) is 4.79 Å². The zero-order valence-corrected chi connectivity index (χ0v) is 16.3. The van der Waals surface area contributed by atoms with Crippen molar-refractivity contribution in [2.75, 3.05) is 33.4 Å². The van der Waals surface area contributed by atoms with Gasteiger partial charge in [-0.15, -0.1) is 0 Å². The average molecular weight is 342 g/mol. The fourth-order valence-electron chi connectivity index (χ4n) is 2.81. The van der Waals surface area contributed by atoms with Crippen molar-refractivity contribution in [1.82, 2.24) is 9.80 Å². The van der Waals surface area contributed by atoms with E-state index in [4.69, 9.17) is 9.47 Å². The summed E-state index contributed by atoms with van der Waals surface area (Å²) >= 11 is 0. The highest BCUT2D eigenvalue weighted by Gasteiger charge is 2.35. The molecular formula is C18H34N2O4. The molecule has 0 aromatic heterocycles. The molecule has 1 fully saturated rings. The van der Waals surface area contributed by atoms with Gasteiger partial charge in [0.1, 0.15) is 5.60 Å². The van der Waals surface area contributed by atoms with Crippen molar-refractivity contribution in [1.29, 1.82) is 0 Å². The van der Waals surface area contributed by atoms with Gasteiger partial charge in [-0.3, -0.25) is 4.79 Å². The largest absolute Gasteiger partial charge is 0.444 e. The second-order valence-corrected chi connectivity index (χ2v) is 8.40. The van der Waals surface area contributed by atoms with E-state index in [-0.39, 0.29) is 23.5 Å². The highest BCUT2D eigenvalue weighted by atomic mass is 16.6. The minimum Gasteiger partial charge on any atom is -0.444 e. The van der Waals surface area contributed by atoms with Crippen LogP contribution in [0, 0.1) is 5.92 Å². The lowest BCUT2D eigenvalue weighted by atomic mass is 9.93. The molecule has 0 aromatic carbocycles. The van der Waals surface area contributed by atoms with E-state index < -0.39 is 5.60 Å². The molecule has 1 rings (SSSR count). The standard InChI is InChI=1S/C18H34N2O4/c1-17(2,3)20(12-13-23-7)15(21)14-8-10-19(11-9-14)16(22)24-18(4,5)6/h14H,8-13H2,1-7H3. The molecule has 2 amide bonds. The Hall–Kier alpha value is -1.30. The number of carbonyl (C=O) groups excluding carboxylic acids is 2. The van der Waals surface area contributed by atoms with Crippen LogP contribution in [-0.4, -0.2) is 66.3 Å². The third kappa shape index (κ3) is 6.30. The number of rotatable bonds is 4. The van der Waals surface area contributed by atoms with E-state index in [1.54, 1.807) is 12.0 Å². The summed E-state index contributed by atoms with van der Waals surface area (Å²) in [5, 5.41) is 0. The third-order valence-corrected chi connectivity index (χ3v) is 4.09. The van der Waals surface area contributed by atoms with E-state index in [9.17, 15) is 9.59 Å². The van der Waals surface area contributed by atoms with Crippen LogP contribution < -0.4 is 0 Å². The van der Waals surface area contributed by atoms with Gasteiger partial charge in [0.2, 0.25) is 5.91 Å². The van der Waals surface area contributed by atoms with Crippen LogP contribution in [0.5, 0.6) is 0 Å². The zero-order valence-electron chi connectivity index (χ0n) is 16.3. The highest BCUT2D eigenvalue weighted by Crippen LogP contribution is 2.25. The van der Waals surface area contributed by atoms with E-state index >= 15 is 0 Å². The van der Waals surface area contributed by atoms with Crippen molar-refractivity contribution in [3.8, 4) is 0 Å². The second-order valence-electron chi connectivity index (χ2n) is 8.40. The molecule has 24 heavy (non-hydrogen) atoms. The van der Waals surface area contributed by atoms with Crippen LogP contribution >= 0.6 is 0 Å². The number of hydrogen-bond acceptors (Lipinski definition) is 4. The summed E-state index contributed by atoms with van der Waals surface area (Å²) in [6.45, 7) is 13.9. The summed E-state index contributed by atoms with van der Waals surface area (Å²) in [5.74, 6) is 0.114.